The first-order chi connectivity index (χ1) is 10.3. The van der Waals surface area contributed by atoms with Gasteiger partial charge in [0.2, 0.25) is 5.16 Å². The molecule has 7 heteroatoms. The van der Waals surface area contributed by atoms with Crippen LogP contribution in [0.2, 0.25) is 5.02 Å². The first-order valence-corrected chi connectivity index (χ1v) is 8.36. The molecule has 21 heavy (non-hydrogen) atoms. The van der Waals surface area contributed by atoms with Crippen molar-refractivity contribution in [2.45, 2.75) is 48.3 Å². The van der Waals surface area contributed by atoms with Crippen molar-refractivity contribution >= 4 is 23.4 Å². The van der Waals surface area contributed by atoms with Crippen molar-refractivity contribution < 1.29 is 0 Å². The van der Waals surface area contributed by atoms with Crippen LogP contribution in [-0.2, 0) is 6.54 Å². The van der Waals surface area contributed by atoms with Crippen molar-refractivity contribution in [2.75, 3.05) is 7.05 Å². The van der Waals surface area contributed by atoms with Crippen molar-refractivity contribution in [3.8, 4) is 0 Å². The summed E-state index contributed by atoms with van der Waals surface area (Å²) in [4.78, 5) is 1.14. The van der Waals surface area contributed by atoms with Gasteiger partial charge in [0.1, 0.15) is 0 Å². The van der Waals surface area contributed by atoms with Gasteiger partial charge in [0, 0.05) is 16.5 Å². The average molecular weight is 324 g/mol. The van der Waals surface area contributed by atoms with Crippen LogP contribution in [0.5, 0.6) is 0 Å². The van der Waals surface area contributed by atoms with Gasteiger partial charge < -0.3 is 5.32 Å². The van der Waals surface area contributed by atoms with Gasteiger partial charge >= 0.3 is 0 Å². The molecule has 2 aromatic rings. The number of hydrogen-bond acceptors (Lipinski definition) is 5. The number of halogens is 1. The normalized spacial score (nSPS) is 15.7. The van der Waals surface area contributed by atoms with Crippen molar-refractivity contribution in [2.24, 2.45) is 0 Å². The van der Waals surface area contributed by atoms with Crippen LogP contribution in [0.15, 0.2) is 28.3 Å². The Morgan fingerprint density at radius 2 is 2.19 bits per heavy atom. The molecule has 112 valence electrons. The van der Waals surface area contributed by atoms with Gasteiger partial charge in [-0.2, -0.15) is 0 Å². The molecule has 1 saturated carbocycles. The molecule has 1 aromatic heterocycles. The zero-order valence-electron chi connectivity index (χ0n) is 11.9. The lowest BCUT2D eigenvalue weighted by atomic mass is 10.2. The summed E-state index contributed by atoms with van der Waals surface area (Å²) in [6.07, 6.45) is 4.87. The summed E-state index contributed by atoms with van der Waals surface area (Å²) in [6.45, 7) is 0.772. The fourth-order valence-electron chi connectivity index (χ4n) is 2.71. The molecule has 1 aliphatic rings. The van der Waals surface area contributed by atoms with Gasteiger partial charge in [-0.3, -0.25) is 0 Å². The number of tetrazole rings is 1. The summed E-state index contributed by atoms with van der Waals surface area (Å²) in [5, 5.41) is 17.0. The number of aromatic nitrogens is 4. The minimum Gasteiger partial charge on any atom is -0.316 e. The van der Waals surface area contributed by atoms with Crippen LogP contribution in [0.25, 0.3) is 0 Å². The Hall–Kier alpha value is -1.11. The van der Waals surface area contributed by atoms with E-state index >= 15 is 0 Å². The van der Waals surface area contributed by atoms with Gasteiger partial charge in [0.25, 0.3) is 0 Å². The lowest BCUT2D eigenvalue weighted by molar-refractivity contribution is 0.423. The van der Waals surface area contributed by atoms with Crippen LogP contribution in [0.3, 0.4) is 0 Å². The predicted octanol–water partition coefficient (Wildman–Crippen LogP) is 3.31. The van der Waals surface area contributed by atoms with Gasteiger partial charge in [-0.15, -0.1) is 5.10 Å². The van der Waals surface area contributed by atoms with Crippen molar-refractivity contribution in [1.82, 2.24) is 25.5 Å². The fourth-order valence-corrected chi connectivity index (χ4v) is 3.85. The average Bonchev–Trinajstić information content (AvgIpc) is 3.13. The quantitative estimate of drug-likeness (QED) is 0.914. The van der Waals surface area contributed by atoms with Gasteiger partial charge in [0.15, 0.2) is 0 Å². The zero-order valence-corrected chi connectivity index (χ0v) is 13.5. The van der Waals surface area contributed by atoms with E-state index in [2.05, 4.69) is 20.8 Å². The van der Waals surface area contributed by atoms with E-state index in [-0.39, 0.29) is 0 Å². The van der Waals surface area contributed by atoms with Crippen LogP contribution in [0.1, 0.15) is 37.3 Å². The zero-order chi connectivity index (χ0) is 14.7. The summed E-state index contributed by atoms with van der Waals surface area (Å²) in [5.74, 6) is 0. The predicted molar refractivity (Wildman–Crippen MR) is 83.7 cm³/mol. The van der Waals surface area contributed by atoms with Crippen molar-refractivity contribution in [3.05, 3.63) is 28.8 Å². The molecule has 0 bridgehead atoms. The number of nitrogens with one attached hydrogen (secondary N) is 1. The molecule has 0 aliphatic heterocycles. The van der Waals surface area contributed by atoms with Gasteiger partial charge in [-0.25, -0.2) is 4.68 Å². The van der Waals surface area contributed by atoms with E-state index in [1.165, 1.54) is 25.7 Å². The number of nitrogens with zero attached hydrogens (tertiary/aromatic N) is 4. The molecule has 0 saturated heterocycles. The van der Waals surface area contributed by atoms with Crippen molar-refractivity contribution in [1.29, 1.82) is 0 Å². The van der Waals surface area contributed by atoms with E-state index in [9.17, 15) is 0 Å². The third-order valence-electron chi connectivity index (χ3n) is 3.72. The monoisotopic (exact) mass is 323 g/mol. The van der Waals surface area contributed by atoms with E-state index < -0.39 is 0 Å². The first-order valence-electron chi connectivity index (χ1n) is 7.16. The highest BCUT2D eigenvalue weighted by molar-refractivity contribution is 7.99. The molecule has 3 rings (SSSR count). The third kappa shape index (κ3) is 3.39. The van der Waals surface area contributed by atoms with Crippen molar-refractivity contribution in [3.63, 3.8) is 0 Å². The second-order valence-electron chi connectivity index (χ2n) is 5.23. The van der Waals surface area contributed by atoms with Crippen LogP contribution in [0, 0.1) is 0 Å². The first kappa shape index (κ1) is 14.8. The van der Waals surface area contributed by atoms with E-state index in [0.717, 1.165) is 27.2 Å². The molecule has 0 unspecified atom stereocenters. The molecule has 1 aliphatic carbocycles. The minimum atomic E-state index is 0.447. The summed E-state index contributed by atoms with van der Waals surface area (Å²) in [5.41, 5.74) is 1.16. The van der Waals surface area contributed by atoms with Gasteiger partial charge in [-0.1, -0.05) is 24.4 Å². The highest BCUT2D eigenvalue weighted by Crippen LogP contribution is 2.35. The molecular formula is C14H18ClN5S. The molecule has 0 atom stereocenters. The van der Waals surface area contributed by atoms with Crippen LogP contribution < -0.4 is 5.32 Å². The van der Waals surface area contributed by atoms with E-state index in [1.807, 2.05) is 29.9 Å². The van der Waals surface area contributed by atoms with E-state index in [0.29, 0.717) is 6.04 Å². The van der Waals surface area contributed by atoms with E-state index in [1.54, 1.807) is 11.8 Å². The highest BCUT2D eigenvalue weighted by atomic mass is 35.5. The molecule has 0 spiro atoms. The SMILES string of the molecule is CNCc1cc(Cl)ccc1Sc1nnnn1C1CCCC1. The number of hydrogen-bond donors (Lipinski definition) is 1. The molecular weight excluding hydrogens is 306 g/mol. The smallest absolute Gasteiger partial charge is 0.214 e. The van der Waals surface area contributed by atoms with E-state index in [4.69, 9.17) is 11.6 Å². The van der Waals surface area contributed by atoms with Crippen LogP contribution >= 0.6 is 23.4 Å². The third-order valence-corrected chi connectivity index (χ3v) is 5.03. The maximum absolute atomic E-state index is 6.09. The summed E-state index contributed by atoms with van der Waals surface area (Å²) in [6, 6.07) is 6.38. The minimum absolute atomic E-state index is 0.447. The Bertz CT molecular complexity index is 609. The maximum Gasteiger partial charge on any atom is 0.214 e. The van der Waals surface area contributed by atoms with Gasteiger partial charge in [-0.05, 0) is 65.8 Å². The van der Waals surface area contributed by atoms with Gasteiger partial charge in [0.05, 0.1) is 6.04 Å². The van der Waals surface area contributed by atoms with Crippen LogP contribution in [-0.4, -0.2) is 27.3 Å². The summed E-state index contributed by atoms with van der Waals surface area (Å²) in [7, 11) is 1.93. The Balaban J connectivity index is 1.85. The molecule has 0 radical (unpaired) electrons. The summed E-state index contributed by atoms with van der Waals surface area (Å²) >= 11 is 7.70. The molecule has 5 nitrogen and oxygen atoms in total. The highest BCUT2D eigenvalue weighted by Gasteiger charge is 2.22. The Labute approximate surface area is 133 Å². The molecule has 1 heterocycles. The topological polar surface area (TPSA) is 55.6 Å². The Kier molecular flexibility index (Phi) is 4.77. The molecule has 0 amide bonds. The Morgan fingerprint density at radius 3 is 2.95 bits per heavy atom. The molecule has 1 N–H and O–H groups in total. The second-order valence-corrected chi connectivity index (χ2v) is 6.67. The lowest BCUT2D eigenvalue weighted by Gasteiger charge is -2.12. The number of benzene rings is 1. The molecule has 1 fully saturated rings. The Morgan fingerprint density at radius 1 is 1.38 bits per heavy atom. The maximum atomic E-state index is 6.09. The fraction of sp³-hybridized carbons (Fsp3) is 0.500. The van der Waals surface area contributed by atoms with Crippen LogP contribution in [0.4, 0.5) is 0 Å². The summed E-state index contributed by atoms with van der Waals surface area (Å²) < 4.78 is 1.98. The molecule has 1 aromatic carbocycles. The largest absolute Gasteiger partial charge is 0.316 e. The second kappa shape index (κ2) is 6.77. The number of rotatable bonds is 5. The standard InChI is InChI=1S/C14H18ClN5S/c1-16-9-10-8-11(15)6-7-13(10)21-14-17-18-19-20(14)12-4-2-3-5-12/h6-8,12,16H,2-5,9H2,1H3. The lowest BCUT2D eigenvalue weighted by Crippen LogP contribution is -2.09.